The van der Waals surface area contributed by atoms with Gasteiger partial charge in [0.2, 0.25) is 5.16 Å². The predicted octanol–water partition coefficient (Wildman–Crippen LogP) is 4.42. The molecule has 0 amide bonds. The summed E-state index contributed by atoms with van der Waals surface area (Å²) in [5.41, 5.74) is 2.06. The summed E-state index contributed by atoms with van der Waals surface area (Å²) in [5.74, 6) is 0.938. The van der Waals surface area contributed by atoms with E-state index >= 15 is 0 Å². The Morgan fingerprint density at radius 3 is 2.85 bits per heavy atom. The van der Waals surface area contributed by atoms with Gasteiger partial charge in [-0.3, -0.25) is 0 Å². The number of thioether (sulfide) groups is 1. The van der Waals surface area contributed by atoms with E-state index in [0.717, 1.165) is 27.7 Å². The number of hydrogen-bond donors (Lipinski definition) is 0. The Labute approximate surface area is 125 Å². The fourth-order valence-electron chi connectivity index (χ4n) is 1.77. The van der Waals surface area contributed by atoms with Crippen molar-refractivity contribution in [3.05, 3.63) is 49.1 Å². The minimum absolute atomic E-state index is 0.737. The van der Waals surface area contributed by atoms with Gasteiger partial charge in [0, 0.05) is 10.6 Å². The van der Waals surface area contributed by atoms with Gasteiger partial charge in [-0.25, -0.2) is 4.98 Å². The Kier molecular flexibility index (Phi) is 4.08. The summed E-state index contributed by atoms with van der Waals surface area (Å²) in [6.07, 6.45) is 2.85. The van der Waals surface area contributed by atoms with E-state index in [0.29, 0.717) is 0 Å². The zero-order valence-electron chi connectivity index (χ0n) is 10.8. The van der Waals surface area contributed by atoms with E-state index < -0.39 is 0 Å². The van der Waals surface area contributed by atoms with Crippen LogP contribution in [0.25, 0.3) is 20.8 Å². The highest BCUT2D eigenvalue weighted by atomic mass is 32.2. The van der Waals surface area contributed by atoms with Crippen LogP contribution in [0.3, 0.4) is 0 Å². The quantitative estimate of drug-likeness (QED) is 0.397. The van der Waals surface area contributed by atoms with E-state index in [1.165, 1.54) is 10.4 Å². The molecule has 3 nitrogen and oxygen atoms in total. The van der Waals surface area contributed by atoms with Crippen LogP contribution >= 0.6 is 23.1 Å². The first-order chi connectivity index (χ1) is 9.86. The van der Waals surface area contributed by atoms with Crippen molar-refractivity contribution in [2.24, 2.45) is 0 Å². The molecule has 0 radical (unpaired) electrons. The van der Waals surface area contributed by atoms with E-state index in [9.17, 15) is 0 Å². The topological polar surface area (TPSA) is 38.7 Å². The average Bonchev–Trinajstić information content (AvgIpc) is 2.92. The minimum Gasteiger partial charge on any atom is -0.208 e. The van der Waals surface area contributed by atoms with Gasteiger partial charge in [-0.15, -0.1) is 28.1 Å². The highest BCUT2D eigenvalue weighted by molar-refractivity contribution is 7.99. The summed E-state index contributed by atoms with van der Waals surface area (Å²) >= 11 is 3.27. The van der Waals surface area contributed by atoms with Crippen molar-refractivity contribution < 1.29 is 0 Å². The molecule has 0 aliphatic carbocycles. The van der Waals surface area contributed by atoms with Gasteiger partial charge in [0.25, 0.3) is 0 Å². The lowest BCUT2D eigenvalue weighted by atomic mass is 10.2. The maximum Gasteiger partial charge on any atom is 0.210 e. The number of rotatable bonds is 5. The summed E-state index contributed by atoms with van der Waals surface area (Å²) in [6.45, 7) is 3.71. The monoisotopic (exact) mass is 299 g/mol. The van der Waals surface area contributed by atoms with Crippen molar-refractivity contribution in [2.45, 2.75) is 11.6 Å². The molecular weight excluding hydrogens is 286 g/mol. The van der Waals surface area contributed by atoms with Crippen molar-refractivity contribution in [2.75, 3.05) is 5.75 Å². The molecule has 1 aromatic carbocycles. The molecular formula is C15H13N3S2. The molecule has 0 saturated carbocycles. The Hall–Kier alpha value is -1.72. The van der Waals surface area contributed by atoms with E-state index in [2.05, 4.69) is 33.9 Å². The molecule has 0 atom stereocenters. The number of hydrogen-bond acceptors (Lipinski definition) is 5. The van der Waals surface area contributed by atoms with Crippen LogP contribution in [0, 0.1) is 0 Å². The smallest absolute Gasteiger partial charge is 0.208 e. The average molecular weight is 299 g/mol. The maximum atomic E-state index is 4.57. The Balaban J connectivity index is 1.89. The van der Waals surface area contributed by atoms with Gasteiger partial charge in [-0.2, -0.15) is 0 Å². The van der Waals surface area contributed by atoms with E-state index in [4.69, 9.17) is 0 Å². The van der Waals surface area contributed by atoms with Crippen molar-refractivity contribution >= 4 is 33.4 Å². The normalized spacial score (nSPS) is 10.8. The van der Waals surface area contributed by atoms with Crippen LogP contribution in [0.15, 0.2) is 54.2 Å². The summed E-state index contributed by atoms with van der Waals surface area (Å²) in [6, 6.07) is 12.3. The second-order valence-corrected chi connectivity index (χ2v) is 6.28. The van der Waals surface area contributed by atoms with Crippen LogP contribution in [-0.2, 0) is 0 Å². The van der Waals surface area contributed by atoms with Crippen molar-refractivity contribution in [1.29, 1.82) is 0 Å². The molecule has 0 aliphatic rings. The molecule has 5 heteroatoms. The van der Waals surface area contributed by atoms with Crippen LogP contribution in [-0.4, -0.2) is 20.9 Å². The number of nitrogens with zero attached hydrogens (tertiary/aromatic N) is 3. The lowest BCUT2D eigenvalue weighted by Gasteiger charge is -1.95. The standard InChI is InChI=1S/C15H13N3S2/c1-2-3-9-19-15-16-14-12(17-18-15)10-13(20-14)11-7-5-4-6-8-11/h2,4-8,10H,1,3,9H2. The molecule has 0 fully saturated rings. The third kappa shape index (κ3) is 2.89. The summed E-state index contributed by atoms with van der Waals surface area (Å²) in [4.78, 5) is 6.69. The third-order valence-electron chi connectivity index (χ3n) is 2.75. The molecule has 0 unspecified atom stereocenters. The predicted molar refractivity (Wildman–Crippen MR) is 86.2 cm³/mol. The van der Waals surface area contributed by atoms with E-state index in [1.807, 2.05) is 30.3 Å². The van der Waals surface area contributed by atoms with Crippen molar-refractivity contribution in [3.63, 3.8) is 0 Å². The molecule has 3 rings (SSSR count). The SMILES string of the molecule is C=CCCSc1nnc2cc(-c3ccccc3)sc2n1. The second kappa shape index (κ2) is 6.15. The van der Waals surface area contributed by atoms with Gasteiger partial charge in [-0.05, 0) is 18.1 Å². The van der Waals surface area contributed by atoms with Gasteiger partial charge in [-0.1, -0.05) is 48.2 Å². The Morgan fingerprint density at radius 2 is 2.05 bits per heavy atom. The van der Waals surface area contributed by atoms with Crippen LogP contribution in [0.5, 0.6) is 0 Å². The summed E-state index contributed by atoms with van der Waals surface area (Å²) in [7, 11) is 0. The molecule has 0 spiro atoms. The van der Waals surface area contributed by atoms with Crippen molar-refractivity contribution in [1.82, 2.24) is 15.2 Å². The van der Waals surface area contributed by atoms with Crippen LogP contribution in [0.4, 0.5) is 0 Å². The van der Waals surface area contributed by atoms with Gasteiger partial charge >= 0.3 is 0 Å². The van der Waals surface area contributed by atoms with Gasteiger partial charge < -0.3 is 0 Å². The molecule has 0 aliphatic heterocycles. The summed E-state index contributed by atoms with van der Waals surface area (Å²) < 4.78 is 0. The van der Waals surface area contributed by atoms with Gasteiger partial charge in [0.05, 0.1) is 0 Å². The van der Waals surface area contributed by atoms with Gasteiger partial charge in [0.15, 0.2) is 0 Å². The van der Waals surface area contributed by atoms with Crippen LogP contribution in [0.1, 0.15) is 6.42 Å². The second-order valence-electron chi connectivity index (χ2n) is 4.19. The molecule has 20 heavy (non-hydrogen) atoms. The number of allylic oxidation sites excluding steroid dienone is 1. The first-order valence-corrected chi connectivity index (χ1v) is 8.10. The molecule has 0 bridgehead atoms. The zero-order valence-corrected chi connectivity index (χ0v) is 12.5. The molecule has 2 aromatic heterocycles. The van der Waals surface area contributed by atoms with Crippen LogP contribution < -0.4 is 0 Å². The largest absolute Gasteiger partial charge is 0.210 e. The fraction of sp³-hybridized carbons (Fsp3) is 0.133. The number of thiophene rings is 1. The zero-order chi connectivity index (χ0) is 13.8. The minimum atomic E-state index is 0.737. The van der Waals surface area contributed by atoms with Crippen molar-refractivity contribution in [3.8, 4) is 10.4 Å². The van der Waals surface area contributed by atoms with E-state index in [1.54, 1.807) is 23.1 Å². The summed E-state index contributed by atoms with van der Waals surface area (Å²) in [5, 5.41) is 9.15. The van der Waals surface area contributed by atoms with Gasteiger partial charge in [0.1, 0.15) is 10.3 Å². The van der Waals surface area contributed by atoms with E-state index in [-0.39, 0.29) is 0 Å². The first kappa shape index (κ1) is 13.3. The van der Waals surface area contributed by atoms with Crippen LogP contribution in [0.2, 0.25) is 0 Å². The highest BCUT2D eigenvalue weighted by Gasteiger charge is 2.08. The molecule has 0 saturated heterocycles. The molecule has 100 valence electrons. The highest BCUT2D eigenvalue weighted by Crippen LogP contribution is 2.31. The number of fused-ring (bicyclic) bond motifs is 1. The maximum absolute atomic E-state index is 4.57. The number of aromatic nitrogens is 3. The molecule has 2 heterocycles. The Morgan fingerprint density at radius 1 is 1.20 bits per heavy atom. The first-order valence-electron chi connectivity index (χ1n) is 6.30. The Bertz CT molecular complexity index is 722. The molecule has 3 aromatic rings. The third-order valence-corrected chi connectivity index (χ3v) is 4.68. The number of benzene rings is 1. The fourth-order valence-corrected chi connectivity index (χ4v) is 3.52. The lowest BCUT2D eigenvalue weighted by Crippen LogP contribution is -1.90. The molecule has 0 N–H and O–H groups in total. The lowest BCUT2D eigenvalue weighted by molar-refractivity contribution is 0.884.